The molecule has 1 atom stereocenters. The normalized spacial score (nSPS) is 19.6. The van der Waals surface area contributed by atoms with Crippen LogP contribution < -0.4 is 4.90 Å². The van der Waals surface area contributed by atoms with Crippen molar-refractivity contribution in [2.45, 2.75) is 12.5 Å². The number of anilines is 1. The molecule has 0 spiro atoms. The van der Waals surface area contributed by atoms with Gasteiger partial charge in [-0.3, -0.25) is 9.69 Å². The minimum absolute atomic E-state index is 0.000787. The molecule has 3 aromatic rings. The Morgan fingerprint density at radius 2 is 1.94 bits per heavy atom. The summed E-state index contributed by atoms with van der Waals surface area (Å²) < 4.78 is 5.63. The number of amides is 1. The van der Waals surface area contributed by atoms with Gasteiger partial charge in [-0.2, -0.15) is 5.10 Å². The predicted molar refractivity (Wildman–Crippen MR) is 124 cm³/mol. The van der Waals surface area contributed by atoms with Gasteiger partial charge in [0.15, 0.2) is 0 Å². The largest absolute Gasteiger partial charge is 0.467 e. The van der Waals surface area contributed by atoms with Gasteiger partial charge in [0.25, 0.3) is 5.91 Å². The highest BCUT2D eigenvalue weighted by Crippen LogP contribution is 2.34. The van der Waals surface area contributed by atoms with Crippen molar-refractivity contribution in [3.63, 3.8) is 0 Å². The van der Waals surface area contributed by atoms with E-state index in [-0.39, 0.29) is 11.9 Å². The number of furan rings is 1. The van der Waals surface area contributed by atoms with Crippen molar-refractivity contribution in [2.75, 3.05) is 37.6 Å². The van der Waals surface area contributed by atoms with Gasteiger partial charge in [0, 0.05) is 32.6 Å². The van der Waals surface area contributed by atoms with Gasteiger partial charge in [-0.1, -0.05) is 29.8 Å². The Morgan fingerprint density at radius 3 is 2.65 bits per heavy atom. The van der Waals surface area contributed by atoms with Gasteiger partial charge in [-0.15, -0.1) is 11.3 Å². The quantitative estimate of drug-likeness (QED) is 0.569. The Bertz CT molecular complexity index is 1060. The summed E-state index contributed by atoms with van der Waals surface area (Å²) >= 11 is 7.99. The topological polar surface area (TPSA) is 52.3 Å². The molecule has 0 saturated carbocycles. The summed E-state index contributed by atoms with van der Waals surface area (Å²) in [5.74, 6) is 0.770. The molecular weight excluding hydrogens is 432 g/mol. The number of nitrogens with zero attached hydrogens (tertiary/aromatic N) is 4. The van der Waals surface area contributed by atoms with Gasteiger partial charge >= 0.3 is 0 Å². The molecule has 0 aliphatic carbocycles. The number of carbonyl (C=O) groups excluding carboxylic acids is 1. The zero-order valence-corrected chi connectivity index (χ0v) is 18.6. The molecule has 1 amide bonds. The van der Waals surface area contributed by atoms with E-state index in [4.69, 9.17) is 21.1 Å². The number of piperazine rings is 1. The summed E-state index contributed by atoms with van der Waals surface area (Å²) in [6, 6.07) is 15.5. The number of hydrazone groups is 1. The van der Waals surface area contributed by atoms with E-state index in [0.717, 1.165) is 53.2 Å². The first kappa shape index (κ1) is 20.3. The molecule has 31 heavy (non-hydrogen) atoms. The molecule has 8 heteroatoms. The lowest BCUT2D eigenvalue weighted by molar-refractivity contribution is -0.134. The minimum Gasteiger partial charge on any atom is -0.467 e. The lowest BCUT2D eigenvalue weighted by Gasteiger charge is -2.36. The summed E-state index contributed by atoms with van der Waals surface area (Å²) in [5.41, 5.74) is 1.99. The van der Waals surface area contributed by atoms with E-state index < -0.39 is 0 Å². The fourth-order valence-electron chi connectivity index (χ4n) is 4.15. The summed E-state index contributed by atoms with van der Waals surface area (Å²) in [5, 5.41) is 9.12. The van der Waals surface area contributed by atoms with Crippen LogP contribution in [-0.2, 0) is 4.79 Å². The number of thiophene rings is 1. The Labute approximate surface area is 190 Å². The first-order valence-corrected chi connectivity index (χ1v) is 11.6. The molecule has 2 aliphatic rings. The molecule has 1 unspecified atom stereocenters. The Hall–Kier alpha value is -2.61. The van der Waals surface area contributed by atoms with E-state index in [1.807, 2.05) is 53.9 Å². The summed E-state index contributed by atoms with van der Waals surface area (Å²) in [6.07, 6.45) is 2.31. The lowest BCUT2D eigenvalue weighted by Crippen LogP contribution is -2.49. The highest BCUT2D eigenvalue weighted by atomic mass is 35.5. The Morgan fingerprint density at radius 1 is 1.10 bits per heavy atom. The van der Waals surface area contributed by atoms with Crippen LogP contribution in [0.2, 0.25) is 5.02 Å². The third-order valence-electron chi connectivity index (χ3n) is 5.77. The average Bonchev–Trinajstić information content (AvgIpc) is 3.55. The van der Waals surface area contributed by atoms with Gasteiger partial charge in [-0.05, 0) is 35.7 Å². The molecule has 0 radical (unpaired) electrons. The van der Waals surface area contributed by atoms with E-state index >= 15 is 0 Å². The monoisotopic (exact) mass is 454 g/mol. The molecule has 1 fully saturated rings. The van der Waals surface area contributed by atoms with Crippen LogP contribution in [0.4, 0.5) is 5.69 Å². The maximum Gasteiger partial charge on any atom is 0.257 e. The number of hydrogen-bond donors (Lipinski definition) is 0. The Kier molecular flexibility index (Phi) is 5.80. The van der Waals surface area contributed by atoms with Crippen LogP contribution in [0.15, 0.2) is 69.7 Å². The van der Waals surface area contributed by atoms with Crippen molar-refractivity contribution in [3.8, 4) is 0 Å². The number of rotatable bonds is 5. The number of para-hydroxylation sites is 1. The van der Waals surface area contributed by atoms with Crippen LogP contribution in [0.25, 0.3) is 0 Å². The minimum atomic E-state index is -0.191. The number of benzene rings is 1. The van der Waals surface area contributed by atoms with Crippen molar-refractivity contribution in [1.29, 1.82) is 0 Å². The summed E-state index contributed by atoms with van der Waals surface area (Å²) in [6.45, 7) is 3.62. The first-order chi connectivity index (χ1) is 15.2. The molecule has 4 heterocycles. The van der Waals surface area contributed by atoms with Crippen LogP contribution in [0.3, 0.4) is 0 Å². The zero-order valence-electron chi connectivity index (χ0n) is 17.0. The molecule has 0 N–H and O–H groups in total. The second kappa shape index (κ2) is 8.86. The molecule has 1 saturated heterocycles. The third-order valence-corrected chi connectivity index (χ3v) is 7.01. The van der Waals surface area contributed by atoms with E-state index in [2.05, 4.69) is 9.80 Å². The van der Waals surface area contributed by atoms with Gasteiger partial charge in [0.1, 0.15) is 11.8 Å². The molecule has 1 aromatic carbocycles. The summed E-state index contributed by atoms with van der Waals surface area (Å²) in [7, 11) is 0. The van der Waals surface area contributed by atoms with Crippen LogP contribution in [-0.4, -0.2) is 54.3 Å². The highest BCUT2D eigenvalue weighted by Gasteiger charge is 2.36. The molecule has 6 nitrogen and oxygen atoms in total. The standard InChI is InChI=1S/C23H23ClN4O2S/c24-17-5-1-2-6-19(17)27-11-9-26(10-12-27)16-23(29)28-20(21-7-3-13-30-21)15-18(25-28)22-8-4-14-31-22/h1-8,13-14,20H,9-12,15-16H2. The van der Waals surface area contributed by atoms with Gasteiger partial charge in [-0.25, -0.2) is 5.01 Å². The average molecular weight is 455 g/mol. The van der Waals surface area contributed by atoms with Crippen molar-refractivity contribution in [3.05, 3.63) is 75.8 Å². The van der Waals surface area contributed by atoms with Crippen molar-refractivity contribution in [2.24, 2.45) is 5.10 Å². The van der Waals surface area contributed by atoms with Crippen molar-refractivity contribution < 1.29 is 9.21 Å². The van der Waals surface area contributed by atoms with Gasteiger partial charge < -0.3 is 9.32 Å². The smallest absolute Gasteiger partial charge is 0.257 e. The lowest BCUT2D eigenvalue weighted by atomic mass is 10.1. The van der Waals surface area contributed by atoms with Crippen molar-refractivity contribution in [1.82, 2.24) is 9.91 Å². The molecule has 5 rings (SSSR count). The number of halogens is 1. The number of carbonyl (C=O) groups is 1. The molecule has 0 bridgehead atoms. The molecule has 2 aromatic heterocycles. The third kappa shape index (κ3) is 4.26. The second-order valence-corrected chi connectivity index (χ2v) is 9.07. The molecule has 160 valence electrons. The summed E-state index contributed by atoms with van der Waals surface area (Å²) in [4.78, 5) is 18.8. The SMILES string of the molecule is O=C(CN1CCN(c2ccccc2Cl)CC1)N1N=C(c2cccs2)CC1c1ccco1. The fourth-order valence-corrected chi connectivity index (χ4v) is 5.13. The van der Waals surface area contributed by atoms with Gasteiger partial charge in [0.2, 0.25) is 0 Å². The van der Waals surface area contributed by atoms with Crippen LogP contribution in [0.1, 0.15) is 23.1 Å². The fraction of sp³-hybridized carbons (Fsp3) is 0.304. The second-order valence-electron chi connectivity index (χ2n) is 7.71. The van der Waals surface area contributed by atoms with Gasteiger partial charge in [0.05, 0.1) is 34.1 Å². The highest BCUT2D eigenvalue weighted by molar-refractivity contribution is 7.12. The predicted octanol–water partition coefficient (Wildman–Crippen LogP) is 4.49. The molecular formula is C23H23ClN4O2S. The maximum atomic E-state index is 13.2. The van der Waals surface area contributed by atoms with Crippen LogP contribution in [0, 0.1) is 0 Å². The maximum absolute atomic E-state index is 13.2. The van der Waals surface area contributed by atoms with E-state index in [1.165, 1.54) is 0 Å². The molecule has 2 aliphatic heterocycles. The van der Waals surface area contributed by atoms with E-state index in [9.17, 15) is 4.79 Å². The zero-order chi connectivity index (χ0) is 21.2. The van der Waals surface area contributed by atoms with Crippen molar-refractivity contribution >= 4 is 40.2 Å². The Balaban J connectivity index is 1.26. The van der Waals surface area contributed by atoms with Crippen LogP contribution in [0.5, 0.6) is 0 Å². The number of hydrogen-bond acceptors (Lipinski definition) is 6. The van der Waals surface area contributed by atoms with E-state index in [0.29, 0.717) is 13.0 Å². The first-order valence-electron chi connectivity index (χ1n) is 10.4. The van der Waals surface area contributed by atoms with Crippen LogP contribution >= 0.6 is 22.9 Å². The van der Waals surface area contributed by atoms with E-state index in [1.54, 1.807) is 22.6 Å².